The molecule has 5 nitrogen and oxygen atoms in total. The van der Waals surface area contributed by atoms with Gasteiger partial charge in [-0.2, -0.15) is 0 Å². The van der Waals surface area contributed by atoms with Gasteiger partial charge in [0, 0.05) is 32.3 Å². The van der Waals surface area contributed by atoms with E-state index in [9.17, 15) is 4.79 Å². The fourth-order valence-electron chi connectivity index (χ4n) is 3.37. The van der Waals surface area contributed by atoms with Gasteiger partial charge in [-0.25, -0.2) is 0 Å². The smallest absolute Gasteiger partial charge is 0.224 e. The molecule has 1 amide bonds. The Hall–Kier alpha value is -0.650. The van der Waals surface area contributed by atoms with E-state index in [4.69, 9.17) is 10.5 Å². The zero-order valence-electron chi connectivity index (χ0n) is 12.6. The Labute approximate surface area is 122 Å². The molecule has 3 atom stereocenters. The molecule has 2 fully saturated rings. The first-order valence-electron chi connectivity index (χ1n) is 8.08. The number of nitrogens with two attached hydrogens (primary N) is 1. The first-order valence-corrected chi connectivity index (χ1v) is 8.08. The minimum Gasteiger partial charge on any atom is -0.378 e. The molecule has 0 aromatic rings. The molecule has 0 bridgehead atoms. The van der Waals surface area contributed by atoms with Crippen molar-refractivity contribution in [1.82, 2.24) is 10.2 Å². The second-order valence-corrected chi connectivity index (χ2v) is 5.99. The number of amides is 1. The number of nitrogens with one attached hydrogen (secondary N) is 1. The van der Waals surface area contributed by atoms with Gasteiger partial charge in [-0.3, -0.25) is 9.69 Å². The number of piperidine rings is 1. The molecule has 2 aliphatic rings. The SMILES string of the molecule is CCC1CC(N2CCCC(C(=O)NCCN)C2)CCO1. The van der Waals surface area contributed by atoms with Crippen LogP contribution < -0.4 is 11.1 Å². The van der Waals surface area contributed by atoms with E-state index in [1.54, 1.807) is 0 Å². The van der Waals surface area contributed by atoms with Gasteiger partial charge in [0.05, 0.1) is 12.0 Å². The van der Waals surface area contributed by atoms with Gasteiger partial charge in [-0.15, -0.1) is 0 Å². The molecule has 0 aromatic carbocycles. The number of hydrogen-bond donors (Lipinski definition) is 2. The summed E-state index contributed by atoms with van der Waals surface area (Å²) in [6.07, 6.45) is 5.84. The average Bonchev–Trinajstić information content (AvgIpc) is 2.52. The van der Waals surface area contributed by atoms with E-state index in [1.807, 2.05) is 0 Å². The van der Waals surface area contributed by atoms with Gasteiger partial charge in [0.15, 0.2) is 0 Å². The molecule has 116 valence electrons. The Bertz CT molecular complexity index is 311. The standard InChI is InChI=1S/C15H29N3O2/c1-2-14-10-13(5-9-20-14)18-8-3-4-12(11-18)15(19)17-7-6-16/h12-14H,2-11,16H2,1H3,(H,17,19). The van der Waals surface area contributed by atoms with E-state index in [1.165, 1.54) is 0 Å². The lowest BCUT2D eigenvalue weighted by Crippen LogP contribution is -2.50. The minimum atomic E-state index is 0.137. The summed E-state index contributed by atoms with van der Waals surface area (Å²) in [7, 11) is 0. The molecule has 0 saturated carbocycles. The highest BCUT2D eigenvalue weighted by molar-refractivity contribution is 5.78. The summed E-state index contributed by atoms with van der Waals surface area (Å²) in [4.78, 5) is 14.6. The molecule has 5 heteroatoms. The molecular formula is C15H29N3O2. The Balaban J connectivity index is 1.84. The Morgan fingerprint density at radius 1 is 1.45 bits per heavy atom. The Morgan fingerprint density at radius 2 is 2.30 bits per heavy atom. The van der Waals surface area contributed by atoms with Crippen LogP contribution in [0.1, 0.15) is 39.0 Å². The molecule has 3 N–H and O–H groups in total. The van der Waals surface area contributed by atoms with E-state index in [0.29, 0.717) is 25.2 Å². The molecule has 2 aliphatic heterocycles. The molecule has 3 unspecified atom stereocenters. The van der Waals surface area contributed by atoms with Crippen LogP contribution in [0.3, 0.4) is 0 Å². The maximum Gasteiger partial charge on any atom is 0.224 e. The third-order valence-electron chi connectivity index (χ3n) is 4.58. The van der Waals surface area contributed by atoms with Crippen molar-refractivity contribution in [3.05, 3.63) is 0 Å². The van der Waals surface area contributed by atoms with E-state index in [2.05, 4.69) is 17.1 Å². The van der Waals surface area contributed by atoms with Crippen molar-refractivity contribution in [3.63, 3.8) is 0 Å². The normalized spacial score (nSPS) is 32.0. The zero-order valence-corrected chi connectivity index (χ0v) is 12.6. The van der Waals surface area contributed by atoms with Crippen molar-refractivity contribution < 1.29 is 9.53 Å². The number of likely N-dealkylation sites (tertiary alicyclic amines) is 1. The van der Waals surface area contributed by atoms with Crippen molar-refractivity contribution in [2.75, 3.05) is 32.8 Å². The highest BCUT2D eigenvalue weighted by Gasteiger charge is 2.32. The van der Waals surface area contributed by atoms with Gasteiger partial charge in [-0.1, -0.05) is 6.92 Å². The molecule has 2 heterocycles. The molecule has 0 aliphatic carbocycles. The van der Waals surface area contributed by atoms with Gasteiger partial charge in [-0.05, 0) is 38.6 Å². The lowest BCUT2D eigenvalue weighted by molar-refractivity contribution is -0.127. The van der Waals surface area contributed by atoms with E-state index in [0.717, 1.165) is 51.8 Å². The van der Waals surface area contributed by atoms with Gasteiger partial charge < -0.3 is 15.8 Å². The van der Waals surface area contributed by atoms with Crippen molar-refractivity contribution in [3.8, 4) is 0 Å². The Morgan fingerprint density at radius 3 is 3.05 bits per heavy atom. The number of ether oxygens (including phenoxy) is 1. The van der Waals surface area contributed by atoms with Crippen LogP contribution in [0.4, 0.5) is 0 Å². The summed E-state index contributed by atoms with van der Waals surface area (Å²) in [6, 6.07) is 0.596. The largest absolute Gasteiger partial charge is 0.378 e. The third kappa shape index (κ3) is 4.17. The van der Waals surface area contributed by atoms with Crippen LogP contribution in [0.25, 0.3) is 0 Å². The fourth-order valence-corrected chi connectivity index (χ4v) is 3.37. The van der Waals surface area contributed by atoms with Crippen LogP contribution in [0.2, 0.25) is 0 Å². The minimum absolute atomic E-state index is 0.137. The Kier molecular flexibility index (Phi) is 6.26. The van der Waals surface area contributed by atoms with E-state index in [-0.39, 0.29) is 11.8 Å². The molecule has 2 saturated heterocycles. The maximum absolute atomic E-state index is 12.1. The summed E-state index contributed by atoms with van der Waals surface area (Å²) in [5.41, 5.74) is 5.44. The maximum atomic E-state index is 12.1. The number of carbonyl (C=O) groups excluding carboxylic acids is 1. The van der Waals surface area contributed by atoms with Crippen molar-refractivity contribution in [2.45, 2.75) is 51.2 Å². The lowest BCUT2D eigenvalue weighted by Gasteiger charge is -2.41. The highest BCUT2D eigenvalue weighted by atomic mass is 16.5. The second kappa shape index (κ2) is 7.96. The van der Waals surface area contributed by atoms with E-state index >= 15 is 0 Å². The fraction of sp³-hybridized carbons (Fsp3) is 0.933. The summed E-state index contributed by atoms with van der Waals surface area (Å²) < 4.78 is 5.76. The van der Waals surface area contributed by atoms with Crippen LogP contribution in [-0.2, 0) is 9.53 Å². The molecule has 0 spiro atoms. The van der Waals surface area contributed by atoms with Crippen LogP contribution >= 0.6 is 0 Å². The van der Waals surface area contributed by atoms with Gasteiger partial charge in [0.1, 0.15) is 0 Å². The van der Waals surface area contributed by atoms with Crippen LogP contribution in [0.5, 0.6) is 0 Å². The molecule has 0 aromatic heterocycles. The number of hydrogen-bond acceptors (Lipinski definition) is 4. The van der Waals surface area contributed by atoms with Crippen LogP contribution in [-0.4, -0.2) is 55.7 Å². The lowest BCUT2D eigenvalue weighted by atomic mass is 9.92. The van der Waals surface area contributed by atoms with Gasteiger partial charge in [0.25, 0.3) is 0 Å². The quantitative estimate of drug-likeness (QED) is 0.780. The van der Waals surface area contributed by atoms with E-state index < -0.39 is 0 Å². The number of carbonyl (C=O) groups is 1. The van der Waals surface area contributed by atoms with Crippen LogP contribution in [0, 0.1) is 5.92 Å². The third-order valence-corrected chi connectivity index (χ3v) is 4.58. The summed E-state index contributed by atoms with van der Waals surface area (Å²) in [6.45, 7) is 6.18. The second-order valence-electron chi connectivity index (χ2n) is 5.99. The van der Waals surface area contributed by atoms with Crippen LogP contribution in [0.15, 0.2) is 0 Å². The topological polar surface area (TPSA) is 67.6 Å². The van der Waals surface area contributed by atoms with Crippen molar-refractivity contribution >= 4 is 5.91 Å². The van der Waals surface area contributed by atoms with Gasteiger partial charge in [0.2, 0.25) is 5.91 Å². The highest BCUT2D eigenvalue weighted by Crippen LogP contribution is 2.26. The molecule has 2 rings (SSSR count). The molecular weight excluding hydrogens is 254 g/mol. The average molecular weight is 283 g/mol. The summed E-state index contributed by atoms with van der Waals surface area (Å²) in [5.74, 6) is 0.317. The number of rotatable bonds is 5. The first kappa shape index (κ1) is 15.7. The first-order chi connectivity index (χ1) is 9.74. The molecule has 20 heavy (non-hydrogen) atoms. The van der Waals surface area contributed by atoms with Crippen molar-refractivity contribution in [1.29, 1.82) is 0 Å². The monoisotopic (exact) mass is 283 g/mol. The molecule has 0 radical (unpaired) electrons. The van der Waals surface area contributed by atoms with Gasteiger partial charge >= 0.3 is 0 Å². The zero-order chi connectivity index (χ0) is 14.4. The number of nitrogens with zero attached hydrogens (tertiary/aromatic N) is 1. The predicted octanol–water partition coefficient (Wildman–Crippen LogP) is 0.731. The van der Waals surface area contributed by atoms with Crippen molar-refractivity contribution in [2.24, 2.45) is 11.7 Å². The summed E-state index contributed by atoms with van der Waals surface area (Å²) in [5, 5.41) is 2.93. The summed E-state index contributed by atoms with van der Waals surface area (Å²) >= 11 is 0. The predicted molar refractivity (Wildman–Crippen MR) is 79.4 cm³/mol.